The maximum Gasteiger partial charge on any atom is 0.325 e. The summed E-state index contributed by atoms with van der Waals surface area (Å²) in [6, 6.07) is 3.97. The van der Waals surface area contributed by atoms with Gasteiger partial charge in [-0.25, -0.2) is 0 Å². The summed E-state index contributed by atoms with van der Waals surface area (Å²) in [5.74, 6) is -0.728. The summed E-state index contributed by atoms with van der Waals surface area (Å²) in [5.41, 5.74) is 0.278. The van der Waals surface area contributed by atoms with Gasteiger partial charge in [-0.2, -0.15) is 0 Å². The predicted molar refractivity (Wildman–Crippen MR) is 62.0 cm³/mol. The number of fused-ring (bicyclic) bond motifs is 1. The van der Waals surface area contributed by atoms with Crippen molar-refractivity contribution in [2.24, 2.45) is 0 Å². The molecular formula is C12H13NO5. The van der Waals surface area contributed by atoms with Gasteiger partial charge < -0.3 is 19.9 Å². The molecule has 1 atom stereocenters. The molecule has 1 aromatic carbocycles. The number of nitrogens with one attached hydrogen (secondary N) is 1. The second-order valence-electron chi connectivity index (χ2n) is 3.86. The molecule has 0 radical (unpaired) electrons. The quantitative estimate of drug-likeness (QED) is 0.824. The third-order valence-corrected chi connectivity index (χ3v) is 2.53. The van der Waals surface area contributed by atoms with Crippen LogP contribution in [-0.2, 0) is 4.79 Å². The standard InChI is InChI=1S/C12H13NO5/c1-7(12(15)16)13-11(14)8-3-2-4-9-10(8)18-6-5-17-9/h2-4,7H,5-6H2,1H3,(H,13,14)(H,15,16). The van der Waals surface area contributed by atoms with Gasteiger partial charge in [-0.15, -0.1) is 0 Å². The fraction of sp³-hybridized carbons (Fsp3) is 0.333. The molecule has 6 heteroatoms. The number of rotatable bonds is 3. The van der Waals surface area contributed by atoms with E-state index in [-0.39, 0.29) is 5.56 Å². The molecule has 1 aliphatic rings. The van der Waals surface area contributed by atoms with Crippen LogP contribution < -0.4 is 14.8 Å². The van der Waals surface area contributed by atoms with Crippen LogP contribution in [0.5, 0.6) is 11.5 Å². The van der Waals surface area contributed by atoms with E-state index in [0.717, 1.165) is 0 Å². The number of carboxylic acids is 1. The van der Waals surface area contributed by atoms with E-state index >= 15 is 0 Å². The number of hydrogen-bond donors (Lipinski definition) is 2. The highest BCUT2D eigenvalue weighted by Crippen LogP contribution is 2.33. The summed E-state index contributed by atoms with van der Waals surface area (Å²) in [5, 5.41) is 11.1. The largest absolute Gasteiger partial charge is 0.486 e. The minimum absolute atomic E-state index is 0.278. The van der Waals surface area contributed by atoms with Gasteiger partial charge in [0.15, 0.2) is 11.5 Å². The van der Waals surface area contributed by atoms with Crippen molar-refractivity contribution in [1.82, 2.24) is 5.32 Å². The van der Waals surface area contributed by atoms with Crippen molar-refractivity contribution in [2.75, 3.05) is 13.2 Å². The Hall–Kier alpha value is -2.24. The van der Waals surface area contributed by atoms with E-state index in [1.54, 1.807) is 18.2 Å². The van der Waals surface area contributed by atoms with Gasteiger partial charge in [-0.05, 0) is 19.1 Å². The van der Waals surface area contributed by atoms with Gasteiger partial charge in [0.1, 0.15) is 19.3 Å². The number of carbonyl (C=O) groups is 2. The van der Waals surface area contributed by atoms with Crippen molar-refractivity contribution in [2.45, 2.75) is 13.0 Å². The first-order chi connectivity index (χ1) is 8.59. The maximum absolute atomic E-state index is 11.9. The van der Waals surface area contributed by atoms with Crippen molar-refractivity contribution >= 4 is 11.9 Å². The van der Waals surface area contributed by atoms with Crippen molar-refractivity contribution in [3.05, 3.63) is 23.8 Å². The van der Waals surface area contributed by atoms with E-state index in [1.807, 2.05) is 0 Å². The topological polar surface area (TPSA) is 84.9 Å². The lowest BCUT2D eigenvalue weighted by Crippen LogP contribution is -2.38. The number of hydrogen-bond acceptors (Lipinski definition) is 4. The fourth-order valence-electron chi connectivity index (χ4n) is 1.59. The van der Waals surface area contributed by atoms with E-state index in [2.05, 4.69) is 5.32 Å². The van der Waals surface area contributed by atoms with E-state index in [1.165, 1.54) is 6.92 Å². The molecule has 0 saturated heterocycles. The molecule has 96 valence electrons. The normalized spacial score (nSPS) is 14.7. The number of para-hydroxylation sites is 1. The lowest BCUT2D eigenvalue weighted by molar-refractivity contribution is -0.138. The fourth-order valence-corrected chi connectivity index (χ4v) is 1.59. The van der Waals surface area contributed by atoms with Crippen LogP contribution in [0.4, 0.5) is 0 Å². The number of amides is 1. The van der Waals surface area contributed by atoms with Gasteiger partial charge in [-0.1, -0.05) is 6.07 Å². The van der Waals surface area contributed by atoms with Gasteiger partial charge >= 0.3 is 5.97 Å². The van der Waals surface area contributed by atoms with Crippen LogP contribution in [-0.4, -0.2) is 36.2 Å². The molecule has 2 N–H and O–H groups in total. The van der Waals surface area contributed by atoms with E-state index in [9.17, 15) is 9.59 Å². The second-order valence-corrected chi connectivity index (χ2v) is 3.86. The Kier molecular flexibility index (Phi) is 3.36. The Bertz CT molecular complexity index is 485. The molecule has 1 aliphatic heterocycles. The van der Waals surface area contributed by atoms with Crippen molar-refractivity contribution in [3.63, 3.8) is 0 Å². The van der Waals surface area contributed by atoms with Gasteiger partial charge in [0.2, 0.25) is 0 Å². The van der Waals surface area contributed by atoms with E-state index in [0.29, 0.717) is 24.7 Å². The third-order valence-electron chi connectivity index (χ3n) is 2.53. The smallest absolute Gasteiger partial charge is 0.325 e. The third kappa shape index (κ3) is 2.37. The lowest BCUT2D eigenvalue weighted by atomic mass is 10.1. The minimum Gasteiger partial charge on any atom is -0.486 e. The zero-order valence-electron chi connectivity index (χ0n) is 9.80. The van der Waals surface area contributed by atoms with E-state index in [4.69, 9.17) is 14.6 Å². The molecule has 18 heavy (non-hydrogen) atoms. The Balaban J connectivity index is 2.23. The Morgan fingerprint density at radius 1 is 1.33 bits per heavy atom. The molecule has 0 saturated carbocycles. The van der Waals surface area contributed by atoms with Crippen LogP contribution in [0.2, 0.25) is 0 Å². The van der Waals surface area contributed by atoms with Gasteiger partial charge in [0.05, 0.1) is 5.56 Å². The van der Waals surface area contributed by atoms with Crippen LogP contribution >= 0.6 is 0 Å². The van der Waals surface area contributed by atoms with Crippen LogP contribution in [0.1, 0.15) is 17.3 Å². The monoisotopic (exact) mass is 251 g/mol. The summed E-state index contributed by atoms with van der Waals surface area (Å²) >= 11 is 0. The number of carbonyl (C=O) groups excluding carboxylic acids is 1. The van der Waals surface area contributed by atoms with Gasteiger partial charge in [0, 0.05) is 0 Å². The summed E-state index contributed by atoms with van der Waals surface area (Å²) in [6.07, 6.45) is 0. The van der Waals surface area contributed by atoms with Gasteiger partial charge in [0.25, 0.3) is 5.91 Å². The van der Waals surface area contributed by atoms with Crippen LogP contribution in [0.3, 0.4) is 0 Å². The number of carboxylic acid groups (broad SMARTS) is 1. The van der Waals surface area contributed by atoms with Gasteiger partial charge in [-0.3, -0.25) is 9.59 Å². The van der Waals surface area contributed by atoms with E-state index < -0.39 is 17.9 Å². The Morgan fingerprint density at radius 3 is 2.78 bits per heavy atom. The summed E-state index contributed by atoms with van der Waals surface area (Å²) in [6.45, 7) is 2.20. The molecule has 2 rings (SSSR count). The van der Waals surface area contributed by atoms with Crippen LogP contribution in [0, 0.1) is 0 Å². The summed E-state index contributed by atoms with van der Waals surface area (Å²) in [7, 11) is 0. The maximum atomic E-state index is 11.9. The van der Waals surface area contributed by atoms with Crippen LogP contribution in [0.25, 0.3) is 0 Å². The molecule has 1 heterocycles. The second kappa shape index (κ2) is 4.95. The average Bonchev–Trinajstić information content (AvgIpc) is 2.37. The highest BCUT2D eigenvalue weighted by atomic mass is 16.6. The number of ether oxygens (including phenoxy) is 2. The Labute approximate surface area is 104 Å². The lowest BCUT2D eigenvalue weighted by Gasteiger charge is -2.21. The van der Waals surface area contributed by atoms with Crippen LogP contribution in [0.15, 0.2) is 18.2 Å². The predicted octanol–water partition coefficient (Wildman–Crippen LogP) is 0.661. The first-order valence-electron chi connectivity index (χ1n) is 5.52. The first kappa shape index (κ1) is 12.2. The molecule has 0 spiro atoms. The highest BCUT2D eigenvalue weighted by Gasteiger charge is 2.22. The zero-order chi connectivity index (χ0) is 13.1. The zero-order valence-corrected chi connectivity index (χ0v) is 9.80. The molecule has 1 unspecified atom stereocenters. The molecule has 1 amide bonds. The molecule has 0 aliphatic carbocycles. The average molecular weight is 251 g/mol. The summed E-state index contributed by atoms with van der Waals surface area (Å²) < 4.78 is 10.7. The molecular weight excluding hydrogens is 238 g/mol. The molecule has 0 aromatic heterocycles. The SMILES string of the molecule is CC(NC(=O)c1cccc2c1OCCO2)C(=O)O. The Morgan fingerprint density at radius 2 is 2.06 bits per heavy atom. The van der Waals surface area contributed by atoms with Crippen molar-refractivity contribution in [1.29, 1.82) is 0 Å². The first-order valence-corrected chi connectivity index (χ1v) is 5.52. The van der Waals surface area contributed by atoms with Crippen molar-refractivity contribution < 1.29 is 24.2 Å². The highest BCUT2D eigenvalue weighted by molar-refractivity contribution is 5.99. The molecule has 0 fully saturated rings. The molecule has 0 bridgehead atoms. The molecule has 6 nitrogen and oxygen atoms in total. The number of benzene rings is 1. The molecule has 1 aromatic rings. The number of aliphatic carboxylic acids is 1. The minimum atomic E-state index is -1.09. The summed E-state index contributed by atoms with van der Waals surface area (Å²) in [4.78, 5) is 22.6. The van der Waals surface area contributed by atoms with Crippen molar-refractivity contribution in [3.8, 4) is 11.5 Å².